The van der Waals surface area contributed by atoms with E-state index in [4.69, 9.17) is 40.1 Å². The predicted octanol–water partition coefficient (Wildman–Crippen LogP) is -1.99. The summed E-state index contributed by atoms with van der Waals surface area (Å²) in [4.78, 5) is 89.5. The first-order valence-electron chi connectivity index (χ1n) is 23.6. The molecule has 6 heterocycles. The summed E-state index contributed by atoms with van der Waals surface area (Å²) in [6.45, 7) is 7.00. The zero-order valence-corrected chi connectivity index (χ0v) is 43.8. The Morgan fingerprint density at radius 1 is 0.590 bits per heavy atom. The van der Waals surface area contributed by atoms with Crippen molar-refractivity contribution in [3.63, 3.8) is 0 Å². The lowest BCUT2D eigenvalue weighted by molar-refractivity contribution is -0.115. The highest BCUT2D eigenvalue weighted by atomic mass is 16.6. The van der Waals surface area contributed by atoms with E-state index in [9.17, 15) is 49.2 Å². The van der Waals surface area contributed by atoms with Crippen molar-refractivity contribution in [1.82, 2.24) is 48.8 Å². The first-order chi connectivity index (χ1) is 36.7. The average Bonchev–Trinajstić information content (AvgIpc) is 4.17. The predicted molar refractivity (Wildman–Crippen MR) is 278 cm³/mol. The Hall–Kier alpha value is -7.46. The molecule has 2 amide bonds. The summed E-state index contributed by atoms with van der Waals surface area (Å²) in [5.41, 5.74) is 1.47. The molecule has 428 valence electrons. The molecular formula is C48H68N12O18. The number of nitrogens with one attached hydrogen (secondary N) is 4. The maximum Gasteiger partial charge on any atom is 0.335 e. The van der Waals surface area contributed by atoms with Gasteiger partial charge >= 0.3 is 11.9 Å². The highest BCUT2D eigenvalue weighted by Gasteiger charge is 2.45. The van der Waals surface area contributed by atoms with Crippen molar-refractivity contribution in [2.75, 3.05) is 65.1 Å². The molecule has 2 saturated heterocycles. The minimum Gasteiger partial charge on any atom is -0.478 e. The van der Waals surface area contributed by atoms with Crippen LogP contribution in [0.2, 0.25) is 0 Å². The summed E-state index contributed by atoms with van der Waals surface area (Å²) >= 11 is 0. The number of carboxylic acid groups (broad SMARTS) is 2. The summed E-state index contributed by atoms with van der Waals surface area (Å²) in [6.07, 6.45) is -3.97. The number of aromatic amines is 2. The van der Waals surface area contributed by atoms with Gasteiger partial charge in [0.25, 0.3) is 11.1 Å². The number of nitrogens with zero attached hydrogens (tertiary/aromatic N) is 8. The number of aromatic nitrogens is 8. The number of aliphatic hydroxyl groups is 8. The number of imidazole rings is 2. The number of H-pyrrole nitrogens is 2. The molecule has 0 saturated carbocycles. The van der Waals surface area contributed by atoms with Gasteiger partial charge in [-0.2, -0.15) is 0 Å². The Morgan fingerprint density at radius 2 is 0.910 bits per heavy atom. The molecule has 78 heavy (non-hydrogen) atoms. The number of carboxylic acids is 2. The van der Waals surface area contributed by atoms with Gasteiger partial charge in [-0.25, -0.2) is 29.5 Å². The molecule has 2 aliphatic rings. The normalized spacial score (nSPS) is 20.9. The average molecular weight is 1100 g/mol. The third-order valence-electron chi connectivity index (χ3n) is 10.5. The Balaban J connectivity index is 0.000000256. The molecule has 30 nitrogen and oxygen atoms in total. The highest BCUT2D eigenvalue weighted by Crippen LogP contribution is 2.32. The van der Waals surface area contributed by atoms with Crippen LogP contribution in [0.3, 0.4) is 0 Å². The van der Waals surface area contributed by atoms with Crippen molar-refractivity contribution in [2.45, 2.75) is 89.0 Å². The molecule has 2 aliphatic heterocycles. The molecule has 2 unspecified atom stereocenters. The number of aromatic carboxylic acids is 2. The van der Waals surface area contributed by atoms with Crippen molar-refractivity contribution < 1.29 is 79.7 Å². The van der Waals surface area contributed by atoms with Gasteiger partial charge in [-0.1, -0.05) is 0 Å². The fourth-order valence-electron chi connectivity index (χ4n) is 7.17. The zero-order chi connectivity index (χ0) is 58.6. The minimum absolute atomic E-state index is 0.111. The van der Waals surface area contributed by atoms with Crippen LogP contribution in [0.5, 0.6) is 0 Å². The Morgan fingerprint density at radius 3 is 1.14 bits per heavy atom. The number of fused-ring (bicyclic) bond motifs is 2. The monoisotopic (exact) mass is 1100 g/mol. The zero-order valence-electron chi connectivity index (χ0n) is 43.8. The number of benzene rings is 2. The van der Waals surface area contributed by atoms with E-state index in [-0.39, 0.29) is 57.5 Å². The molecule has 6 aromatic rings. The molecule has 0 spiro atoms. The van der Waals surface area contributed by atoms with Crippen LogP contribution >= 0.6 is 0 Å². The van der Waals surface area contributed by atoms with Gasteiger partial charge in [-0.3, -0.25) is 28.3 Å². The molecule has 0 radical (unpaired) electrons. The third kappa shape index (κ3) is 19.5. The van der Waals surface area contributed by atoms with Crippen molar-refractivity contribution in [1.29, 1.82) is 0 Å². The van der Waals surface area contributed by atoms with Gasteiger partial charge in [0, 0.05) is 38.3 Å². The molecule has 10 atom stereocenters. The van der Waals surface area contributed by atoms with Gasteiger partial charge in [0.05, 0.1) is 61.9 Å². The van der Waals surface area contributed by atoms with Crippen molar-refractivity contribution in [2.24, 2.45) is 0 Å². The summed E-state index contributed by atoms with van der Waals surface area (Å²) < 4.78 is 13.4. The van der Waals surface area contributed by atoms with Crippen molar-refractivity contribution in [3.05, 3.63) is 106 Å². The number of hydrogen-bond donors (Lipinski definition) is 14. The number of carbonyl (C=O) groups is 4. The van der Waals surface area contributed by atoms with Crippen molar-refractivity contribution in [3.8, 4) is 0 Å². The molecule has 0 aliphatic carbocycles. The maximum absolute atomic E-state index is 11.5. The van der Waals surface area contributed by atoms with Crippen LogP contribution in [-0.4, -0.2) is 227 Å². The van der Waals surface area contributed by atoms with Crippen LogP contribution in [-0.2, 0) is 19.1 Å². The number of hydrogen-bond acceptors (Lipinski definition) is 22. The first-order valence-corrected chi connectivity index (χ1v) is 23.6. The van der Waals surface area contributed by atoms with E-state index in [1.165, 1.54) is 72.6 Å². The van der Waals surface area contributed by atoms with E-state index in [0.29, 0.717) is 11.4 Å². The standard InChI is InChI=1S/2C10H12N4O5.2C9H9NO3.2C5H13NO/c2*15-1-4-6(16)7(17)10(19-4)14-3-13-5-8(14)11-2-12-9(5)18;2*1-6(11)10-8-4-2-7(3-5-8)9(12)13;2*1-5(7)4-6(2)3/h2*2-4,6-7,10,15-17H,1H2,(H,11,12,18);2*2-5H,1H3,(H,10,11)(H,12,13);2*5,7H,4H2,1-3H3/t2*4-,6-,7-,10-;;;;/m00..../s1. The fourth-order valence-corrected chi connectivity index (χ4v) is 7.17. The molecule has 8 rings (SSSR count). The lowest BCUT2D eigenvalue weighted by Crippen LogP contribution is -2.33. The topological polar surface area (TPSA) is 447 Å². The fraction of sp³-hybridized carbons (Fsp3) is 0.458. The second-order valence-electron chi connectivity index (χ2n) is 17.9. The quantitative estimate of drug-likeness (QED) is 0.0630. The Kier molecular flexibility index (Phi) is 25.8. The first kappa shape index (κ1) is 64.8. The summed E-state index contributed by atoms with van der Waals surface area (Å²) in [5, 5.41) is 96.9. The number of rotatable bonds is 12. The number of carbonyl (C=O) groups excluding carboxylic acids is 2. The Bertz CT molecular complexity index is 2740. The van der Waals surface area contributed by atoms with Gasteiger partial charge in [-0.05, 0) is 90.6 Å². The van der Waals surface area contributed by atoms with Crippen LogP contribution in [0.15, 0.2) is 83.4 Å². The third-order valence-corrected chi connectivity index (χ3v) is 10.5. The van der Waals surface area contributed by atoms with Crippen LogP contribution in [0.25, 0.3) is 22.3 Å². The highest BCUT2D eigenvalue weighted by molar-refractivity contribution is 5.92. The van der Waals surface area contributed by atoms with E-state index >= 15 is 0 Å². The molecule has 2 aromatic carbocycles. The van der Waals surface area contributed by atoms with Crippen LogP contribution in [0, 0.1) is 0 Å². The van der Waals surface area contributed by atoms with E-state index < -0.39 is 85.4 Å². The number of likely N-dealkylation sites (N-methyl/N-ethyl adjacent to an activating group) is 2. The van der Waals surface area contributed by atoms with E-state index in [2.05, 4.69) is 40.5 Å². The number of amides is 2. The lowest BCUT2D eigenvalue weighted by atomic mass is 10.1. The van der Waals surface area contributed by atoms with E-state index in [0.717, 1.165) is 13.1 Å². The molecule has 30 heteroatoms. The van der Waals surface area contributed by atoms with Crippen LogP contribution in [0.1, 0.15) is 60.9 Å². The molecule has 2 fully saturated rings. The van der Waals surface area contributed by atoms with Gasteiger partial charge in [0.15, 0.2) is 34.8 Å². The van der Waals surface area contributed by atoms with Gasteiger partial charge < -0.3 is 90.9 Å². The second-order valence-corrected chi connectivity index (χ2v) is 17.9. The van der Waals surface area contributed by atoms with Crippen molar-refractivity contribution >= 4 is 57.5 Å². The minimum atomic E-state index is -1.24. The number of anilines is 2. The lowest BCUT2D eigenvalue weighted by Gasteiger charge is -2.16. The maximum atomic E-state index is 11.5. The van der Waals surface area contributed by atoms with Crippen LogP contribution in [0.4, 0.5) is 11.4 Å². The largest absolute Gasteiger partial charge is 0.478 e. The summed E-state index contributed by atoms with van der Waals surface area (Å²) in [7, 11) is 7.75. The SMILES string of the molecule is CC(=O)Nc1ccc(C(=O)O)cc1.CC(=O)Nc1ccc(C(=O)O)cc1.CC(O)CN(C)C.CC(O)CN(C)C.O=c1[nH]cnc2c1ncn2[C@H]1O[C@@H](CO)[C@H](O)[C@@H]1O.O=c1[nH]cnc2c1ncn2[C@H]1O[C@@H](CO)[C@H](O)[C@@H]1O. The van der Waals surface area contributed by atoms with Gasteiger partial charge in [0.2, 0.25) is 11.8 Å². The van der Waals surface area contributed by atoms with E-state index in [1.807, 2.05) is 38.0 Å². The molecule has 4 aromatic heterocycles. The molecular weight excluding hydrogens is 1030 g/mol. The van der Waals surface area contributed by atoms with E-state index in [1.54, 1.807) is 38.1 Å². The summed E-state index contributed by atoms with van der Waals surface area (Å²) in [6, 6.07) is 11.9. The molecule has 0 bridgehead atoms. The Labute approximate surface area is 444 Å². The van der Waals surface area contributed by atoms with Crippen LogP contribution < -0.4 is 21.8 Å². The van der Waals surface area contributed by atoms with Gasteiger partial charge in [0.1, 0.15) is 36.6 Å². The smallest absolute Gasteiger partial charge is 0.335 e. The number of ether oxygens (including phenoxy) is 2. The van der Waals surface area contributed by atoms with Gasteiger partial charge in [-0.15, -0.1) is 0 Å². The second kappa shape index (κ2) is 31.1. The molecule has 14 N–H and O–H groups in total. The number of aliphatic hydroxyl groups excluding tert-OH is 8. The summed E-state index contributed by atoms with van der Waals surface area (Å²) in [5.74, 6) is -2.31.